The quantitative estimate of drug-likeness (QED) is 0.894. The van der Waals surface area contributed by atoms with Gasteiger partial charge >= 0.3 is 0 Å². The Morgan fingerprint density at radius 1 is 1.10 bits per heavy atom. The lowest BCUT2D eigenvalue weighted by Crippen LogP contribution is -2.32. The van der Waals surface area contributed by atoms with Crippen LogP contribution in [0.4, 0.5) is 0 Å². The van der Waals surface area contributed by atoms with Gasteiger partial charge in [0.2, 0.25) is 10.0 Å². The fraction of sp³-hybridized carbons (Fsp3) is 0.625. The molecule has 0 heterocycles. The van der Waals surface area contributed by atoms with Gasteiger partial charge < -0.3 is 5.11 Å². The average molecular weight is 309 g/mol. The minimum Gasteiger partial charge on any atom is -0.393 e. The van der Waals surface area contributed by atoms with Crippen molar-refractivity contribution in [3.63, 3.8) is 0 Å². The summed E-state index contributed by atoms with van der Waals surface area (Å²) in [5.41, 5.74) is 2.47. The molecule has 116 valence electrons. The van der Waals surface area contributed by atoms with Gasteiger partial charge in [0.05, 0.1) is 11.0 Å². The van der Waals surface area contributed by atoms with Crippen LogP contribution in [0.15, 0.2) is 23.1 Å². The number of benzene rings is 1. The predicted octanol–water partition coefficient (Wildman–Crippen LogP) is 2.00. The molecule has 1 fully saturated rings. The smallest absolute Gasteiger partial charge is 0.240 e. The lowest BCUT2D eigenvalue weighted by atomic mass is 9.88. The fourth-order valence-electron chi connectivity index (χ4n) is 3.38. The van der Waals surface area contributed by atoms with Gasteiger partial charge in [0, 0.05) is 6.54 Å². The van der Waals surface area contributed by atoms with E-state index < -0.39 is 10.0 Å². The molecule has 0 aromatic heterocycles. The molecule has 2 aliphatic carbocycles. The van der Waals surface area contributed by atoms with Crippen molar-refractivity contribution in [2.75, 3.05) is 6.54 Å². The predicted molar refractivity (Wildman–Crippen MR) is 81.6 cm³/mol. The van der Waals surface area contributed by atoms with E-state index in [9.17, 15) is 13.5 Å². The number of hydrogen-bond acceptors (Lipinski definition) is 3. The summed E-state index contributed by atoms with van der Waals surface area (Å²) in [5, 5.41) is 9.48. The van der Waals surface area contributed by atoms with Gasteiger partial charge in [0.15, 0.2) is 0 Å². The first-order valence-electron chi connectivity index (χ1n) is 7.84. The van der Waals surface area contributed by atoms with Gasteiger partial charge in [-0.25, -0.2) is 13.1 Å². The number of rotatable bonds is 4. The lowest BCUT2D eigenvalue weighted by molar-refractivity contribution is 0.109. The molecule has 21 heavy (non-hydrogen) atoms. The zero-order valence-corrected chi connectivity index (χ0v) is 13.0. The van der Waals surface area contributed by atoms with E-state index in [-0.39, 0.29) is 6.10 Å². The highest BCUT2D eigenvalue weighted by Gasteiger charge is 2.23. The normalized spacial score (nSPS) is 25.8. The largest absolute Gasteiger partial charge is 0.393 e. The maximum Gasteiger partial charge on any atom is 0.240 e. The van der Waals surface area contributed by atoms with E-state index in [0.29, 0.717) is 17.4 Å². The van der Waals surface area contributed by atoms with Crippen LogP contribution < -0.4 is 4.72 Å². The highest BCUT2D eigenvalue weighted by Crippen LogP contribution is 2.26. The minimum absolute atomic E-state index is 0.199. The number of aliphatic hydroxyl groups is 1. The first-order chi connectivity index (χ1) is 10.0. The molecule has 1 aromatic carbocycles. The van der Waals surface area contributed by atoms with Crippen LogP contribution >= 0.6 is 0 Å². The van der Waals surface area contributed by atoms with Crippen LogP contribution in [0.1, 0.15) is 43.2 Å². The highest BCUT2D eigenvalue weighted by atomic mass is 32.2. The third-order valence-electron chi connectivity index (χ3n) is 4.76. The molecule has 2 N–H and O–H groups in total. The first-order valence-corrected chi connectivity index (χ1v) is 9.32. The third kappa shape index (κ3) is 3.47. The van der Waals surface area contributed by atoms with Crippen LogP contribution in [0.5, 0.6) is 0 Å². The Balaban J connectivity index is 1.64. The summed E-state index contributed by atoms with van der Waals surface area (Å²) < 4.78 is 27.5. The van der Waals surface area contributed by atoms with E-state index in [1.807, 2.05) is 12.1 Å². The first kappa shape index (κ1) is 15.0. The number of aryl methyl sites for hydroxylation is 2. The molecule has 1 saturated carbocycles. The SMILES string of the molecule is O=S(=O)(NCC1CCC(O)CC1)c1ccc2c(c1)CCC2. The van der Waals surface area contributed by atoms with Gasteiger partial charge in [-0.05, 0) is 74.1 Å². The minimum atomic E-state index is -3.41. The molecule has 0 amide bonds. The summed E-state index contributed by atoms with van der Waals surface area (Å²) in [6.07, 6.45) is 6.33. The van der Waals surface area contributed by atoms with Gasteiger partial charge in [0.1, 0.15) is 0 Å². The number of aliphatic hydroxyl groups excluding tert-OH is 1. The van der Waals surface area contributed by atoms with Crippen molar-refractivity contribution in [3.05, 3.63) is 29.3 Å². The van der Waals surface area contributed by atoms with Crippen LogP contribution in [-0.4, -0.2) is 26.2 Å². The van der Waals surface area contributed by atoms with Crippen molar-refractivity contribution < 1.29 is 13.5 Å². The van der Waals surface area contributed by atoms with Gasteiger partial charge in [0.25, 0.3) is 0 Å². The summed E-state index contributed by atoms with van der Waals surface area (Å²) in [4.78, 5) is 0.388. The number of nitrogens with one attached hydrogen (secondary N) is 1. The molecule has 3 rings (SSSR count). The standard InChI is InChI=1S/C16H23NO3S/c18-15-7-4-12(5-8-15)11-17-21(19,20)16-9-6-13-2-1-3-14(13)10-16/h6,9-10,12,15,17-18H,1-5,7-8,11H2. The molecule has 0 bridgehead atoms. The number of fused-ring (bicyclic) bond motifs is 1. The van der Waals surface area contributed by atoms with E-state index in [0.717, 1.165) is 44.9 Å². The topological polar surface area (TPSA) is 66.4 Å². The Bertz CT molecular complexity index is 604. The van der Waals surface area contributed by atoms with Crippen molar-refractivity contribution in [1.29, 1.82) is 0 Å². The molecular formula is C16H23NO3S. The molecule has 0 atom stereocenters. The second kappa shape index (κ2) is 6.07. The monoisotopic (exact) mass is 309 g/mol. The molecular weight excluding hydrogens is 286 g/mol. The fourth-order valence-corrected chi connectivity index (χ4v) is 4.54. The second-order valence-electron chi connectivity index (χ2n) is 6.31. The molecule has 0 unspecified atom stereocenters. The summed E-state index contributed by atoms with van der Waals surface area (Å²) >= 11 is 0. The Kier molecular flexibility index (Phi) is 4.33. The zero-order chi connectivity index (χ0) is 14.9. The van der Waals surface area contributed by atoms with Crippen molar-refractivity contribution in [3.8, 4) is 0 Å². The van der Waals surface area contributed by atoms with E-state index in [1.165, 1.54) is 11.1 Å². The summed E-state index contributed by atoms with van der Waals surface area (Å²) in [6.45, 7) is 0.478. The van der Waals surface area contributed by atoms with Crippen molar-refractivity contribution >= 4 is 10.0 Å². The van der Waals surface area contributed by atoms with Gasteiger partial charge in [-0.15, -0.1) is 0 Å². The van der Waals surface area contributed by atoms with E-state index >= 15 is 0 Å². The van der Waals surface area contributed by atoms with Crippen molar-refractivity contribution in [2.45, 2.75) is 55.9 Å². The third-order valence-corrected chi connectivity index (χ3v) is 6.18. The number of sulfonamides is 1. The summed E-state index contributed by atoms with van der Waals surface area (Å²) in [6, 6.07) is 5.50. The second-order valence-corrected chi connectivity index (χ2v) is 8.08. The lowest BCUT2D eigenvalue weighted by Gasteiger charge is -2.25. The zero-order valence-electron chi connectivity index (χ0n) is 12.2. The Labute approximate surface area is 126 Å². The molecule has 1 aromatic rings. The molecule has 0 radical (unpaired) electrons. The van der Waals surface area contributed by atoms with Crippen LogP contribution in [-0.2, 0) is 22.9 Å². The molecule has 0 saturated heterocycles. The van der Waals surface area contributed by atoms with Gasteiger partial charge in [-0.1, -0.05) is 6.07 Å². The molecule has 2 aliphatic rings. The van der Waals surface area contributed by atoms with Crippen LogP contribution in [0, 0.1) is 5.92 Å². The molecule has 4 nitrogen and oxygen atoms in total. The van der Waals surface area contributed by atoms with Crippen LogP contribution in [0.3, 0.4) is 0 Å². The number of hydrogen-bond donors (Lipinski definition) is 2. The summed E-state index contributed by atoms with van der Waals surface area (Å²) in [5.74, 6) is 0.345. The maximum absolute atomic E-state index is 12.4. The molecule has 0 spiro atoms. The van der Waals surface area contributed by atoms with E-state index in [2.05, 4.69) is 4.72 Å². The maximum atomic E-state index is 12.4. The molecule has 0 aliphatic heterocycles. The average Bonchev–Trinajstić information content (AvgIpc) is 2.94. The van der Waals surface area contributed by atoms with E-state index in [1.54, 1.807) is 6.07 Å². The Hall–Kier alpha value is -0.910. The van der Waals surface area contributed by atoms with Crippen LogP contribution in [0.2, 0.25) is 0 Å². The van der Waals surface area contributed by atoms with Gasteiger partial charge in [-0.2, -0.15) is 0 Å². The highest BCUT2D eigenvalue weighted by molar-refractivity contribution is 7.89. The van der Waals surface area contributed by atoms with E-state index in [4.69, 9.17) is 0 Å². The Morgan fingerprint density at radius 3 is 2.57 bits per heavy atom. The molecule has 5 heteroatoms. The Morgan fingerprint density at radius 2 is 1.81 bits per heavy atom. The van der Waals surface area contributed by atoms with Gasteiger partial charge in [-0.3, -0.25) is 0 Å². The van der Waals surface area contributed by atoms with Crippen molar-refractivity contribution in [1.82, 2.24) is 4.72 Å². The van der Waals surface area contributed by atoms with Crippen molar-refractivity contribution in [2.24, 2.45) is 5.92 Å². The van der Waals surface area contributed by atoms with Crippen LogP contribution in [0.25, 0.3) is 0 Å². The summed E-state index contributed by atoms with van der Waals surface area (Å²) in [7, 11) is -3.41.